The molecule has 2 aromatic carbocycles. The summed E-state index contributed by atoms with van der Waals surface area (Å²) in [7, 11) is 0. The largest absolute Gasteiger partial charge is 0.481 e. The number of hydrogen-bond acceptors (Lipinski definition) is 5. The van der Waals surface area contributed by atoms with Crippen LogP contribution in [0.5, 0.6) is 0 Å². The molecule has 0 saturated heterocycles. The Kier molecular flexibility index (Phi) is 3.53. The molecular formula is C16H12N2O5. The smallest absolute Gasteiger partial charge is 0.310 e. The van der Waals surface area contributed by atoms with Crippen molar-refractivity contribution in [2.75, 3.05) is 0 Å². The topological polar surface area (TPSA) is 106 Å². The summed E-state index contributed by atoms with van der Waals surface area (Å²) in [6.07, 6.45) is 0. The van der Waals surface area contributed by atoms with Crippen molar-refractivity contribution in [1.29, 1.82) is 0 Å². The van der Waals surface area contributed by atoms with Gasteiger partial charge in [0.05, 0.1) is 10.8 Å². The fourth-order valence-corrected chi connectivity index (χ4v) is 2.21. The van der Waals surface area contributed by atoms with E-state index in [2.05, 4.69) is 4.98 Å². The van der Waals surface area contributed by atoms with E-state index in [0.29, 0.717) is 28.1 Å². The molecule has 7 heteroatoms. The lowest BCUT2D eigenvalue weighted by molar-refractivity contribution is -0.384. The number of aliphatic carboxylic acids is 1. The number of fused-ring (bicyclic) bond motifs is 1. The Morgan fingerprint density at radius 3 is 2.57 bits per heavy atom. The Morgan fingerprint density at radius 1 is 1.26 bits per heavy atom. The minimum absolute atomic E-state index is 0.0116. The van der Waals surface area contributed by atoms with Gasteiger partial charge in [0.1, 0.15) is 5.52 Å². The van der Waals surface area contributed by atoms with E-state index in [1.54, 1.807) is 37.3 Å². The maximum atomic E-state index is 11.1. The van der Waals surface area contributed by atoms with Crippen molar-refractivity contribution in [1.82, 2.24) is 4.98 Å². The van der Waals surface area contributed by atoms with Crippen LogP contribution in [0.3, 0.4) is 0 Å². The number of carboxylic acids is 1. The average Bonchev–Trinajstić information content (AvgIpc) is 2.97. The molecule has 0 amide bonds. The van der Waals surface area contributed by atoms with Gasteiger partial charge in [0.25, 0.3) is 5.69 Å². The highest BCUT2D eigenvalue weighted by molar-refractivity contribution is 5.81. The zero-order valence-electron chi connectivity index (χ0n) is 12.1. The van der Waals surface area contributed by atoms with Gasteiger partial charge < -0.3 is 9.52 Å². The molecule has 23 heavy (non-hydrogen) atoms. The molecule has 116 valence electrons. The summed E-state index contributed by atoms with van der Waals surface area (Å²) in [4.78, 5) is 25.6. The number of carbonyl (C=O) groups is 1. The van der Waals surface area contributed by atoms with Gasteiger partial charge in [-0.15, -0.1) is 0 Å². The lowest BCUT2D eigenvalue weighted by Gasteiger charge is -2.04. The summed E-state index contributed by atoms with van der Waals surface area (Å²) < 4.78 is 5.62. The maximum absolute atomic E-state index is 11.1. The van der Waals surface area contributed by atoms with Crippen LogP contribution in [-0.4, -0.2) is 21.0 Å². The molecule has 3 rings (SSSR count). The van der Waals surface area contributed by atoms with Gasteiger partial charge in [0.15, 0.2) is 5.58 Å². The highest BCUT2D eigenvalue weighted by atomic mass is 16.6. The summed E-state index contributed by atoms with van der Waals surface area (Å²) in [5.74, 6) is -1.22. The fraction of sp³-hybridized carbons (Fsp3) is 0.125. The van der Waals surface area contributed by atoms with Crippen LogP contribution in [0.4, 0.5) is 5.69 Å². The lowest BCUT2D eigenvalue weighted by atomic mass is 10.0. The van der Waals surface area contributed by atoms with Crippen LogP contribution in [0.1, 0.15) is 18.4 Å². The van der Waals surface area contributed by atoms with E-state index in [0.717, 1.165) is 0 Å². The van der Waals surface area contributed by atoms with Gasteiger partial charge in [-0.3, -0.25) is 14.9 Å². The van der Waals surface area contributed by atoms with Gasteiger partial charge in [0, 0.05) is 17.7 Å². The molecule has 1 unspecified atom stereocenters. The van der Waals surface area contributed by atoms with E-state index in [1.165, 1.54) is 12.1 Å². The fourth-order valence-electron chi connectivity index (χ4n) is 2.21. The Hall–Kier alpha value is -3.22. The van der Waals surface area contributed by atoms with Crippen LogP contribution >= 0.6 is 0 Å². The number of nitro groups is 1. The van der Waals surface area contributed by atoms with Gasteiger partial charge in [-0.25, -0.2) is 4.98 Å². The number of aromatic nitrogens is 1. The van der Waals surface area contributed by atoms with Gasteiger partial charge in [-0.1, -0.05) is 6.07 Å². The number of benzene rings is 2. The number of oxazole rings is 1. The van der Waals surface area contributed by atoms with Crippen molar-refractivity contribution in [2.45, 2.75) is 12.8 Å². The second-order valence-corrected chi connectivity index (χ2v) is 5.11. The van der Waals surface area contributed by atoms with Crippen molar-refractivity contribution >= 4 is 22.8 Å². The summed E-state index contributed by atoms with van der Waals surface area (Å²) in [6.45, 7) is 1.60. The molecule has 1 aromatic heterocycles. The first-order chi connectivity index (χ1) is 11.0. The molecule has 3 aromatic rings. The van der Waals surface area contributed by atoms with Crippen molar-refractivity contribution < 1.29 is 19.2 Å². The third kappa shape index (κ3) is 2.76. The number of carboxylic acid groups (broad SMARTS) is 1. The standard InChI is InChI=1S/C16H12N2O5/c1-9(16(19)20)11-4-7-14-13(8-11)17-15(23-14)10-2-5-12(6-3-10)18(21)22/h2-9H,1H3,(H,19,20). The van der Waals surface area contributed by atoms with Crippen molar-refractivity contribution in [3.05, 3.63) is 58.1 Å². The Balaban J connectivity index is 1.99. The molecule has 1 atom stereocenters. The molecule has 1 N–H and O–H groups in total. The van der Waals surface area contributed by atoms with E-state index >= 15 is 0 Å². The van der Waals surface area contributed by atoms with E-state index in [4.69, 9.17) is 9.52 Å². The third-order valence-corrected chi connectivity index (χ3v) is 3.61. The van der Waals surface area contributed by atoms with Gasteiger partial charge in [-0.2, -0.15) is 0 Å². The number of non-ortho nitro benzene ring substituents is 1. The normalized spacial score (nSPS) is 12.2. The molecule has 0 aliphatic heterocycles. The van der Waals surface area contributed by atoms with Crippen molar-refractivity contribution in [2.24, 2.45) is 0 Å². The van der Waals surface area contributed by atoms with Crippen LogP contribution in [-0.2, 0) is 4.79 Å². The summed E-state index contributed by atoms with van der Waals surface area (Å²) in [5.41, 5.74) is 2.30. The van der Waals surface area contributed by atoms with Crippen LogP contribution in [0, 0.1) is 10.1 Å². The van der Waals surface area contributed by atoms with Crippen LogP contribution in [0.2, 0.25) is 0 Å². The monoisotopic (exact) mass is 312 g/mol. The van der Waals surface area contributed by atoms with Gasteiger partial charge in [-0.05, 0) is 36.8 Å². The predicted molar refractivity (Wildman–Crippen MR) is 82.2 cm³/mol. The molecule has 0 saturated carbocycles. The quantitative estimate of drug-likeness (QED) is 0.582. The molecule has 0 spiro atoms. The minimum Gasteiger partial charge on any atom is -0.481 e. The third-order valence-electron chi connectivity index (χ3n) is 3.61. The molecule has 0 aliphatic carbocycles. The zero-order valence-corrected chi connectivity index (χ0v) is 12.1. The van der Waals surface area contributed by atoms with Gasteiger partial charge in [0.2, 0.25) is 5.89 Å². The first kappa shape index (κ1) is 14.7. The Labute approximate surface area is 130 Å². The second-order valence-electron chi connectivity index (χ2n) is 5.11. The van der Waals surface area contributed by atoms with E-state index in [-0.39, 0.29) is 5.69 Å². The van der Waals surface area contributed by atoms with Crippen LogP contribution < -0.4 is 0 Å². The first-order valence-electron chi connectivity index (χ1n) is 6.84. The minimum atomic E-state index is -0.913. The number of nitro benzene ring substituents is 1. The SMILES string of the molecule is CC(C(=O)O)c1ccc2oc(-c3ccc([N+](=O)[O-])cc3)nc2c1. The molecular weight excluding hydrogens is 300 g/mol. The van der Waals surface area contributed by atoms with E-state index < -0.39 is 16.8 Å². The van der Waals surface area contributed by atoms with Crippen molar-refractivity contribution in [3.8, 4) is 11.5 Å². The summed E-state index contributed by atoms with van der Waals surface area (Å²) >= 11 is 0. The molecule has 7 nitrogen and oxygen atoms in total. The predicted octanol–water partition coefficient (Wildman–Crippen LogP) is 3.59. The van der Waals surface area contributed by atoms with Crippen molar-refractivity contribution in [3.63, 3.8) is 0 Å². The molecule has 0 fully saturated rings. The number of nitrogens with zero attached hydrogens (tertiary/aromatic N) is 2. The summed E-state index contributed by atoms with van der Waals surface area (Å²) in [5, 5.41) is 19.7. The Bertz CT molecular complexity index is 898. The maximum Gasteiger partial charge on any atom is 0.310 e. The molecule has 1 heterocycles. The highest BCUT2D eigenvalue weighted by Gasteiger charge is 2.16. The molecule has 0 aliphatic rings. The first-order valence-corrected chi connectivity index (χ1v) is 6.84. The highest BCUT2D eigenvalue weighted by Crippen LogP contribution is 2.28. The number of hydrogen-bond donors (Lipinski definition) is 1. The molecule has 0 radical (unpaired) electrons. The average molecular weight is 312 g/mol. The number of rotatable bonds is 4. The van der Waals surface area contributed by atoms with Gasteiger partial charge >= 0.3 is 5.97 Å². The second kappa shape index (κ2) is 5.53. The zero-order chi connectivity index (χ0) is 16.6. The van der Waals surface area contributed by atoms with Crippen LogP contribution in [0.25, 0.3) is 22.6 Å². The van der Waals surface area contributed by atoms with E-state index in [9.17, 15) is 14.9 Å². The summed E-state index contributed by atoms with van der Waals surface area (Å²) in [6, 6.07) is 10.9. The lowest BCUT2D eigenvalue weighted by Crippen LogP contribution is -2.06. The Morgan fingerprint density at radius 2 is 1.96 bits per heavy atom. The molecule has 0 bridgehead atoms. The van der Waals surface area contributed by atoms with Crippen LogP contribution in [0.15, 0.2) is 46.9 Å². The van der Waals surface area contributed by atoms with E-state index in [1.807, 2.05) is 0 Å².